The van der Waals surface area contributed by atoms with Crippen molar-refractivity contribution in [2.24, 2.45) is 11.3 Å². The van der Waals surface area contributed by atoms with Crippen LogP contribution in [0.3, 0.4) is 0 Å². The molecule has 0 aromatic heterocycles. The molecular formula is C10H20O4S. The Balaban J connectivity index is 4.64. The van der Waals surface area contributed by atoms with Gasteiger partial charge in [-0.1, -0.05) is 27.2 Å². The predicted molar refractivity (Wildman–Crippen MR) is 59.5 cm³/mol. The number of rotatable bonds is 6. The fourth-order valence-corrected chi connectivity index (χ4v) is 2.09. The molecule has 1 unspecified atom stereocenters. The minimum atomic E-state index is -3.08. The van der Waals surface area contributed by atoms with Gasteiger partial charge in [0.15, 0.2) is 0 Å². The maximum Gasteiger partial charge on any atom is 0.307 e. The zero-order chi connectivity index (χ0) is 12.3. The largest absolute Gasteiger partial charge is 0.481 e. The number of hydrogen-bond acceptors (Lipinski definition) is 3. The third-order valence-corrected chi connectivity index (χ3v) is 3.91. The second kappa shape index (κ2) is 4.96. The number of carbonyl (C=O) groups is 1. The van der Waals surface area contributed by atoms with E-state index in [1.54, 1.807) is 0 Å². The first kappa shape index (κ1) is 14.4. The van der Waals surface area contributed by atoms with Gasteiger partial charge in [-0.3, -0.25) is 4.79 Å². The van der Waals surface area contributed by atoms with Crippen LogP contribution >= 0.6 is 0 Å². The first-order chi connectivity index (χ1) is 6.60. The molecule has 0 aliphatic carbocycles. The third-order valence-electron chi connectivity index (χ3n) is 2.93. The third kappa shape index (κ3) is 5.16. The first-order valence-corrected chi connectivity index (χ1v) is 7.06. The summed E-state index contributed by atoms with van der Waals surface area (Å²) in [5.41, 5.74) is -0.365. The van der Waals surface area contributed by atoms with E-state index in [2.05, 4.69) is 0 Å². The second-order valence-electron chi connectivity index (χ2n) is 4.65. The average molecular weight is 236 g/mol. The van der Waals surface area contributed by atoms with Gasteiger partial charge in [-0.05, 0) is 11.8 Å². The highest BCUT2D eigenvalue weighted by atomic mass is 32.2. The number of hydrogen-bond donors (Lipinski definition) is 1. The van der Waals surface area contributed by atoms with Crippen molar-refractivity contribution < 1.29 is 18.3 Å². The Morgan fingerprint density at radius 1 is 1.40 bits per heavy atom. The van der Waals surface area contributed by atoms with E-state index >= 15 is 0 Å². The minimum Gasteiger partial charge on any atom is -0.481 e. The number of sulfone groups is 1. The Morgan fingerprint density at radius 3 is 2.13 bits per heavy atom. The lowest BCUT2D eigenvalue weighted by Gasteiger charge is -2.30. The molecule has 5 heteroatoms. The van der Waals surface area contributed by atoms with Crippen LogP contribution in [0.25, 0.3) is 0 Å². The zero-order valence-corrected chi connectivity index (χ0v) is 10.6. The Bertz CT molecular complexity index is 316. The SMILES string of the molecule is CCC(C)(C)C(CCS(C)(=O)=O)C(=O)O. The number of carboxylic acid groups (broad SMARTS) is 1. The van der Waals surface area contributed by atoms with Crippen LogP contribution in [0.15, 0.2) is 0 Å². The molecule has 1 N–H and O–H groups in total. The Kier molecular flexibility index (Phi) is 4.77. The highest BCUT2D eigenvalue weighted by Crippen LogP contribution is 2.33. The Hall–Kier alpha value is -0.580. The molecule has 0 aliphatic heterocycles. The molecule has 0 aromatic carbocycles. The van der Waals surface area contributed by atoms with Crippen LogP contribution < -0.4 is 0 Å². The summed E-state index contributed by atoms with van der Waals surface area (Å²) in [4.78, 5) is 11.0. The molecule has 0 radical (unpaired) electrons. The molecule has 0 aliphatic rings. The molecule has 0 aromatic rings. The lowest BCUT2D eigenvalue weighted by molar-refractivity contribution is -0.146. The highest BCUT2D eigenvalue weighted by molar-refractivity contribution is 7.90. The van der Waals surface area contributed by atoms with Gasteiger partial charge in [0.1, 0.15) is 9.84 Å². The van der Waals surface area contributed by atoms with Gasteiger partial charge in [0.05, 0.1) is 11.7 Å². The average Bonchev–Trinajstić information content (AvgIpc) is 2.01. The van der Waals surface area contributed by atoms with Crippen LogP contribution in [-0.4, -0.2) is 31.5 Å². The van der Waals surface area contributed by atoms with Crippen LogP contribution in [0.5, 0.6) is 0 Å². The van der Waals surface area contributed by atoms with E-state index < -0.39 is 21.7 Å². The minimum absolute atomic E-state index is 0.0621. The van der Waals surface area contributed by atoms with Gasteiger partial charge in [-0.15, -0.1) is 0 Å². The lowest BCUT2D eigenvalue weighted by atomic mass is 9.75. The molecule has 4 nitrogen and oxygen atoms in total. The Morgan fingerprint density at radius 2 is 1.87 bits per heavy atom. The van der Waals surface area contributed by atoms with Crippen LogP contribution in [-0.2, 0) is 14.6 Å². The van der Waals surface area contributed by atoms with E-state index in [0.717, 1.165) is 6.26 Å². The van der Waals surface area contributed by atoms with Crippen LogP contribution in [0.4, 0.5) is 0 Å². The first-order valence-electron chi connectivity index (χ1n) is 5.00. The molecule has 0 amide bonds. The number of aliphatic carboxylic acids is 1. The monoisotopic (exact) mass is 236 g/mol. The smallest absolute Gasteiger partial charge is 0.307 e. The normalized spacial score (nSPS) is 14.9. The molecule has 15 heavy (non-hydrogen) atoms. The van der Waals surface area contributed by atoms with Crippen LogP contribution in [0, 0.1) is 11.3 Å². The summed E-state index contributed by atoms with van der Waals surface area (Å²) >= 11 is 0. The standard InChI is InChI=1S/C10H20O4S/c1-5-10(2,3)8(9(11)12)6-7-15(4,13)14/h8H,5-7H2,1-4H3,(H,11,12). The van der Waals surface area contributed by atoms with E-state index in [4.69, 9.17) is 5.11 Å². The van der Waals surface area contributed by atoms with E-state index in [0.29, 0.717) is 6.42 Å². The van der Waals surface area contributed by atoms with Gasteiger partial charge in [-0.25, -0.2) is 8.42 Å². The molecule has 0 heterocycles. The second-order valence-corrected chi connectivity index (χ2v) is 6.91. The van der Waals surface area contributed by atoms with Crippen molar-refractivity contribution in [1.82, 2.24) is 0 Å². The maximum atomic E-state index is 11.0. The zero-order valence-electron chi connectivity index (χ0n) is 9.78. The summed E-state index contributed by atoms with van der Waals surface area (Å²) in [7, 11) is -3.08. The van der Waals surface area contributed by atoms with E-state index in [-0.39, 0.29) is 17.6 Å². The van der Waals surface area contributed by atoms with Gasteiger partial charge in [0.2, 0.25) is 0 Å². The van der Waals surface area contributed by atoms with Crippen molar-refractivity contribution in [1.29, 1.82) is 0 Å². The van der Waals surface area contributed by atoms with Gasteiger partial charge >= 0.3 is 5.97 Å². The lowest BCUT2D eigenvalue weighted by Crippen LogP contribution is -2.32. The van der Waals surface area contributed by atoms with Gasteiger partial charge in [-0.2, -0.15) is 0 Å². The molecule has 90 valence electrons. The van der Waals surface area contributed by atoms with Crippen molar-refractivity contribution in [3.05, 3.63) is 0 Å². The fraction of sp³-hybridized carbons (Fsp3) is 0.900. The van der Waals surface area contributed by atoms with Gasteiger partial charge in [0, 0.05) is 6.26 Å². The van der Waals surface area contributed by atoms with Gasteiger partial charge in [0.25, 0.3) is 0 Å². The molecule has 0 saturated heterocycles. The van der Waals surface area contributed by atoms with E-state index in [1.807, 2.05) is 20.8 Å². The summed E-state index contributed by atoms with van der Waals surface area (Å²) in [6, 6.07) is 0. The summed E-state index contributed by atoms with van der Waals surface area (Å²) in [5, 5.41) is 9.04. The summed E-state index contributed by atoms with van der Waals surface area (Å²) in [5.74, 6) is -1.57. The molecule has 0 fully saturated rings. The molecule has 0 saturated carbocycles. The van der Waals surface area contributed by atoms with Crippen LogP contribution in [0.2, 0.25) is 0 Å². The topological polar surface area (TPSA) is 71.4 Å². The molecule has 1 atom stereocenters. The summed E-state index contributed by atoms with van der Waals surface area (Å²) in [6.07, 6.45) is 2.04. The van der Waals surface area contributed by atoms with Crippen molar-refractivity contribution in [2.45, 2.75) is 33.6 Å². The van der Waals surface area contributed by atoms with E-state index in [1.165, 1.54) is 0 Å². The van der Waals surface area contributed by atoms with Crippen LogP contribution in [0.1, 0.15) is 33.6 Å². The molecule has 0 spiro atoms. The van der Waals surface area contributed by atoms with Crippen molar-refractivity contribution in [3.8, 4) is 0 Å². The quantitative estimate of drug-likeness (QED) is 0.759. The van der Waals surface area contributed by atoms with Crippen molar-refractivity contribution >= 4 is 15.8 Å². The summed E-state index contributed by atoms with van der Waals surface area (Å²) < 4.78 is 22.0. The predicted octanol–water partition coefficient (Wildman–Crippen LogP) is 1.56. The van der Waals surface area contributed by atoms with Crippen molar-refractivity contribution in [2.75, 3.05) is 12.0 Å². The van der Waals surface area contributed by atoms with Gasteiger partial charge < -0.3 is 5.11 Å². The fourth-order valence-electron chi connectivity index (χ4n) is 1.43. The number of carboxylic acids is 1. The molecule has 0 bridgehead atoms. The van der Waals surface area contributed by atoms with E-state index in [9.17, 15) is 13.2 Å². The Labute approximate surface area is 91.6 Å². The molecular weight excluding hydrogens is 216 g/mol. The molecule has 0 rings (SSSR count). The summed E-state index contributed by atoms with van der Waals surface area (Å²) in [6.45, 7) is 5.62. The van der Waals surface area contributed by atoms with Crippen molar-refractivity contribution in [3.63, 3.8) is 0 Å². The highest BCUT2D eigenvalue weighted by Gasteiger charge is 2.33. The maximum absolute atomic E-state index is 11.0.